The van der Waals surface area contributed by atoms with E-state index in [4.69, 9.17) is 0 Å². The van der Waals surface area contributed by atoms with Crippen LogP contribution in [0.2, 0.25) is 0 Å². The number of hydrogen-bond donors (Lipinski definition) is 1. The van der Waals surface area contributed by atoms with Gasteiger partial charge in [0.15, 0.2) is 0 Å². The second kappa shape index (κ2) is 7.70. The average molecular weight is 325 g/mol. The van der Waals surface area contributed by atoms with E-state index >= 15 is 0 Å². The van der Waals surface area contributed by atoms with E-state index in [1.54, 1.807) is 23.2 Å². The molecule has 0 spiro atoms. The van der Waals surface area contributed by atoms with Gasteiger partial charge >= 0.3 is 0 Å². The molecular weight excluding hydrogens is 304 g/mol. The van der Waals surface area contributed by atoms with Gasteiger partial charge in [0.25, 0.3) is 5.69 Å². The minimum Gasteiger partial charge on any atom is -0.328 e. The number of benzene rings is 2. The molecule has 1 aliphatic heterocycles. The number of nitro benzene ring substituents is 1. The molecule has 2 aromatic rings. The van der Waals surface area contributed by atoms with Crippen LogP contribution in [0.3, 0.4) is 0 Å². The third-order valence-corrected chi connectivity index (χ3v) is 4.20. The Kier molecular flexibility index (Phi) is 5.18. The van der Waals surface area contributed by atoms with Gasteiger partial charge in [-0.2, -0.15) is 5.10 Å². The first-order valence-electron chi connectivity index (χ1n) is 8.11. The highest BCUT2D eigenvalue weighted by molar-refractivity contribution is 5.80. The van der Waals surface area contributed by atoms with E-state index in [0.717, 1.165) is 38.3 Å². The predicted molar refractivity (Wildman–Crippen MR) is 93.1 cm³/mol. The van der Waals surface area contributed by atoms with Crippen LogP contribution < -0.4 is 4.90 Å². The first-order valence-corrected chi connectivity index (χ1v) is 8.11. The van der Waals surface area contributed by atoms with Crippen LogP contribution in [0.1, 0.15) is 11.1 Å². The van der Waals surface area contributed by atoms with Crippen molar-refractivity contribution in [2.45, 2.75) is 6.54 Å². The van der Waals surface area contributed by atoms with E-state index in [0.29, 0.717) is 0 Å². The summed E-state index contributed by atoms with van der Waals surface area (Å²) in [5.41, 5.74) is 2.21. The van der Waals surface area contributed by atoms with Crippen molar-refractivity contribution in [2.24, 2.45) is 5.10 Å². The van der Waals surface area contributed by atoms with E-state index < -0.39 is 0 Å². The van der Waals surface area contributed by atoms with Crippen LogP contribution in [-0.4, -0.2) is 42.3 Å². The lowest BCUT2D eigenvalue weighted by atomic mass is 10.2. The van der Waals surface area contributed by atoms with Gasteiger partial charge in [0.05, 0.1) is 37.3 Å². The molecule has 0 radical (unpaired) electrons. The molecule has 0 atom stereocenters. The van der Waals surface area contributed by atoms with Gasteiger partial charge in [0.1, 0.15) is 6.54 Å². The maximum absolute atomic E-state index is 10.8. The maximum Gasteiger partial charge on any atom is 0.270 e. The van der Waals surface area contributed by atoms with Gasteiger partial charge in [-0.1, -0.05) is 42.5 Å². The maximum atomic E-state index is 10.8. The molecule has 1 heterocycles. The number of piperazine rings is 1. The second-order valence-electron chi connectivity index (χ2n) is 5.96. The quantitative estimate of drug-likeness (QED) is 0.512. The molecule has 24 heavy (non-hydrogen) atoms. The lowest BCUT2D eigenvalue weighted by Crippen LogP contribution is -3.13. The third-order valence-electron chi connectivity index (χ3n) is 4.20. The molecule has 0 saturated carbocycles. The monoisotopic (exact) mass is 325 g/mol. The zero-order chi connectivity index (χ0) is 16.8. The zero-order valence-electron chi connectivity index (χ0n) is 13.5. The Balaban J connectivity index is 1.52. The molecule has 6 heteroatoms. The first kappa shape index (κ1) is 16.1. The van der Waals surface area contributed by atoms with Crippen LogP contribution in [0.5, 0.6) is 0 Å². The summed E-state index contributed by atoms with van der Waals surface area (Å²) < 4.78 is 0. The van der Waals surface area contributed by atoms with Gasteiger partial charge in [-0.25, -0.2) is 0 Å². The van der Waals surface area contributed by atoms with E-state index in [1.165, 1.54) is 11.6 Å². The number of nitro groups is 1. The Bertz CT molecular complexity index is 710. The van der Waals surface area contributed by atoms with Crippen LogP contribution in [0.15, 0.2) is 59.7 Å². The molecule has 3 rings (SSSR count). The second-order valence-corrected chi connectivity index (χ2v) is 5.96. The Labute approximate surface area is 141 Å². The van der Waals surface area contributed by atoms with Gasteiger partial charge in [-0.05, 0) is 0 Å². The van der Waals surface area contributed by atoms with Crippen molar-refractivity contribution < 1.29 is 9.82 Å². The molecular formula is C18H21N4O2+. The molecule has 0 bridgehead atoms. The van der Waals surface area contributed by atoms with Crippen LogP contribution in [0.4, 0.5) is 5.69 Å². The summed E-state index contributed by atoms with van der Waals surface area (Å²) in [7, 11) is 0. The van der Waals surface area contributed by atoms with Crippen molar-refractivity contribution >= 4 is 11.9 Å². The summed E-state index contributed by atoms with van der Waals surface area (Å²) >= 11 is 0. The SMILES string of the molecule is O=[N+]([O-])c1cccc(C=NN2CC[NH+](Cc3ccccc3)CC2)c1. The Morgan fingerprint density at radius 1 is 1.12 bits per heavy atom. The Morgan fingerprint density at radius 3 is 2.58 bits per heavy atom. The van der Waals surface area contributed by atoms with Crippen molar-refractivity contribution in [3.63, 3.8) is 0 Å². The summed E-state index contributed by atoms with van der Waals surface area (Å²) in [6.45, 7) is 4.92. The Hall–Kier alpha value is -2.73. The lowest BCUT2D eigenvalue weighted by molar-refractivity contribution is -0.918. The van der Waals surface area contributed by atoms with Gasteiger partial charge in [0.2, 0.25) is 0 Å². The molecule has 0 unspecified atom stereocenters. The number of hydrazone groups is 1. The van der Waals surface area contributed by atoms with Crippen molar-refractivity contribution in [2.75, 3.05) is 26.2 Å². The molecule has 1 N–H and O–H groups in total. The van der Waals surface area contributed by atoms with Crippen molar-refractivity contribution in [1.82, 2.24) is 5.01 Å². The van der Waals surface area contributed by atoms with E-state index in [1.807, 2.05) is 17.1 Å². The summed E-state index contributed by atoms with van der Waals surface area (Å²) in [5, 5.41) is 17.3. The van der Waals surface area contributed by atoms with Crippen molar-refractivity contribution in [1.29, 1.82) is 0 Å². The van der Waals surface area contributed by atoms with Crippen LogP contribution in [0.25, 0.3) is 0 Å². The van der Waals surface area contributed by atoms with Crippen molar-refractivity contribution in [3.05, 3.63) is 75.8 Å². The number of hydrogen-bond acceptors (Lipinski definition) is 4. The highest BCUT2D eigenvalue weighted by Crippen LogP contribution is 2.11. The fourth-order valence-electron chi connectivity index (χ4n) is 2.85. The van der Waals surface area contributed by atoms with Crippen LogP contribution in [-0.2, 0) is 6.54 Å². The summed E-state index contributed by atoms with van der Waals surface area (Å²) in [4.78, 5) is 12.0. The number of non-ortho nitro benzene ring substituents is 1. The molecule has 6 nitrogen and oxygen atoms in total. The van der Waals surface area contributed by atoms with Gasteiger partial charge in [0, 0.05) is 23.3 Å². The molecule has 0 amide bonds. The topological polar surface area (TPSA) is 63.2 Å². The van der Waals surface area contributed by atoms with E-state index in [-0.39, 0.29) is 10.6 Å². The number of nitrogens with one attached hydrogen (secondary N) is 1. The molecule has 1 fully saturated rings. The van der Waals surface area contributed by atoms with Gasteiger partial charge in [-0.15, -0.1) is 0 Å². The largest absolute Gasteiger partial charge is 0.328 e. The minimum atomic E-state index is -0.386. The van der Waals surface area contributed by atoms with Crippen molar-refractivity contribution in [3.8, 4) is 0 Å². The average Bonchev–Trinajstić information content (AvgIpc) is 2.62. The number of quaternary nitrogens is 1. The molecule has 0 aliphatic carbocycles. The van der Waals surface area contributed by atoms with E-state index in [2.05, 4.69) is 29.4 Å². The normalized spacial score (nSPS) is 15.8. The molecule has 2 aromatic carbocycles. The highest BCUT2D eigenvalue weighted by Gasteiger charge is 2.18. The molecule has 0 aromatic heterocycles. The standard InChI is InChI=1S/C18H20N4O2/c23-22(24)18-8-4-7-17(13-18)14-19-21-11-9-20(10-12-21)15-16-5-2-1-3-6-16/h1-8,13-14H,9-12,15H2/p+1. The Morgan fingerprint density at radius 2 is 1.88 bits per heavy atom. The minimum absolute atomic E-state index is 0.0936. The fraction of sp³-hybridized carbons (Fsp3) is 0.278. The van der Waals surface area contributed by atoms with Gasteiger partial charge in [-0.3, -0.25) is 15.1 Å². The predicted octanol–water partition coefficient (Wildman–Crippen LogP) is 1.33. The molecule has 124 valence electrons. The third kappa shape index (κ3) is 4.39. The highest BCUT2D eigenvalue weighted by atomic mass is 16.6. The fourth-order valence-corrected chi connectivity index (χ4v) is 2.85. The zero-order valence-corrected chi connectivity index (χ0v) is 13.5. The summed E-state index contributed by atoms with van der Waals surface area (Å²) in [6.07, 6.45) is 1.70. The number of nitrogens with zero attached hydrogens (tertiary/aromatic N) is 3. The molecule has 1 saturated heterocycles. The molecule has 1 aliphatic rings. The summed E-state index contributed by atoms with van der Waals surface area (Å²) in [6, 6.07) is 17.1. The first-order chi connectivity index (χ1) is 11.7. The van der Waals surface area contributed by atoms with Crippen LogP contribution >= 0.6 is 0 Å². The van der Waals surface area contributed by atoms with Crippen LogP contribution in [0, 0.1) is 10.1 Å². The van der Waals surface area contributed by atoms with E-state index in [9.17, 15) is 10.1 Å². The van der Waals surface area contributed by atoms with Gasteiger partial charge < -0.3 is 4.90 Å². The summed E-state index contributed by atoms with van der Waals surface area (Å²) in [5.74, 6) is 0. The smallest absolute Gasteiger partial charge is 0.270 e. The number of rotatable bonds is 5. The lowest BCUT2D eigenvalue weighted by Gasteiger charge is -2.30.